The first-order chi connectivity index (χ1) is 14.5. The molecule has 0 aliphatic heterocycles. The number of fused-ring (bicyclic) bond motifs is 1. The third-order valence-corrected chi connectivity index (χ3v) is 5.17. The summed E-state index contributed by atoms with van der Waals surface area (Å²) in [6.45, 7) is 0.654. The van der Waals surface area contributed by atoms with Gasteiger partial charge in [-0.1, -0.05) is 48.0 Å². The molecule has 0 bridgehead atoms. The van der Waals surface area contributed by atoms with Gasteiger partial charge >= 0.3 is 0 Å². The van der Waals surface area contributed by atoms with Crippen molar-refractivity contribution < 1.29 is 9.18 Å². The van der Waals surface area contributed by atoms with E-state index >= 15 is 0 Å². The number of hydrogen-bond donors (Lipinski definition) is 1. The molecule has 2 aromatic carbocycles. The second-order valence-electron chi connectivity index (χ2n) is 7.01. The molecule has 0 fully saturated rings. The van der Waals surface area contributed by atoms with Crippen LogP contribution in [-0.2, 0) is 24.4 Å². The molecular weight excluding hydrogens is 405 g/mol. The zero-order chi connectivity index (χ0) is 21.1. The first kappa shape index (κ1) is 19.9. The molecule has 2 heterocycles. The van der Waals surface area contributed by atoms with Crippen LogP contribution in [0, 0.1) is 5.82 Å². The third-order valence-electron chi connectivity index (χ3n) is 4.88. The second kappa shape index (κ2) is 8.55. The Morgan fingerprint density at radius 3 is 2.43 bits per heavy atom. The number of nitrogens with zero attached hydrogens (tertiary/aromatic N) is 2. The van der Waals surface area contributed by atoms with Gasteiger partial charge in [-0.05, 0) is 35.4 Å². The van der Waals surface area contributed by atoms with Gasteiger partial charge in [0.25, 0.3) is 5.56 Å². The van der Waals surface area contributed by atoms with Crippen molar-refractivity contribution in [1.82, 2.24) is 14.5 Å². The first-order valence-electron chi connectivity index (χ1n) is 9.44. The molecule has 0 aliphatic carbocycles. The van der Waals surface area contributed by atoms with E-state index in [2.05, 4.69) is 5.32 Å². The van der Waals surface area contributed by atoms with Gasteiger partial charge in [0, 0.05) is 30.9 Å². The predicted molar refractivity (Wildman–Crippen MR) is 115 cm³/mol. The van der Waals surface area contributed by atoms with Crippen LogP contribution in [0.3, 0.4) is 0 Å². The van der Waals surface area contributed by atoms with E-state index in [1.807, 2.05) is 53.2 Å². The topological polar surface area (TPSA) is 56.0 Å². The van der Waals surface area contributed by atoms with Crippen molar-refractivity contribution in [2.24, 2.45) is 0 Å². The van der Waals surface area contributed by atoms with Gasteiger partial charge in [-0.2, -0.15) is 0 Å². The van der Waals surface area contributed by atoms with Crippen LogP contribution in [0.5, 0.6) is 0 Å². The van der Waals surface area contributed by atoms with E-state index in [0.717, 1.165) is 10.9 Å². The Bertz CT molecular complexity index is 1260. The average molecular weight is 424 g/mol. The van der Waals surface area contributed by atoms with Crippen LogP contribution < -0.4 is 10.9 Å². The molecule has 0 spiro atoms. The molecule has 2 aromatic heterocycles. The van der Waals surface area contributed by atoms with Crippen molar-refractivity contribution in [3.8, 4) is 0 Å². The number of amides is 1. The number of pyridine rings is 1. The summed E-state index contributed by atoms with van der Waals surface area (Å²) in [5.41, 5.74) is 2.09. The van der Waals surface area contributed by atoms with E-state index < -0.39 is 5.82 Å². The number of hydrogen-bond acceptors (Lipinski definition) is 2. The molecule has 0 aliphatic rings. The van der Waals surface area contributed by atoms with Gasteiger partial charge in [0.2, 0.25) is 5.91 Å². The van der Waals surface area contributed by atoms with Crippen LogP contribution in [0.15, 0.2) is 77.9 Å². The van der Waals surface area contributed by atoms with Crippen molar-refractivity contribution in [3.05, 3.63) is 105 Å². The minimum absolute atomic E-state index is 0.00241. The molecule has 7 heteroatoms. The minimum atomic E-state index is -0.509. The largest absolute Gasteiger partial charge is 0.350 e. The van der Waals surface area contributed by atoms with Crippen molar-refractivity contribution in [1.29, 1.82) is 0 Å². The summed E-state index contributed by atoms with van der Waals surface area (Å²) in [6.07, 6.45) is 3.49. The number of carbonyl (C=O) groups is 1. The Labute approximate surface area is 177 Å². The highest BCUT2D eigenvalue weighted by Gasteiger charge is 2.11. The predicted octanol–water partition coefficient (Wildman–Crippen LogP) is 3.96. The minimum Gasteiger partial charge on any atom is -0.350 e. The van der Waals surface area contributed by atoms with E-state index in [0.29, 0.717) is 17.6 Å². The lowest BCUT2D eigenvalue weighted by atomic mass is 10.2. The third kappa shape index (κ3) is 4.28. The maximum absolute atomic E-state index is 13.2. The molecule has 30 heavy (non-hydrogen) atoms. The molecule has 5 nitrogen and oxygen atoms in total. The van der Waals surface area contributed by atoms with Crippen LogP contribution >= 0.6 is 11.6 Å². The summed E-state index contributed by atoms with van der Waals surface area (Å²) in [7, 11) is 0. The van der Waals surface area contributed by atoms with Crippen LogP contribution in [0.4, 0.5) is 4.39 Å². The van der Waals surface area contributed by atoms with Crippen LogP contribution in [0.2, 0.25) is 5.02 Å². The second-order valence-corrected chi connectivity index (χ2v) is 7.41. The van der Waals surface area contributed by atoms with E-state index in [1.165, 1.54) is 16.7 Å². The Morgan fingerprint density at radius 2 is 1.70 bits per heavy atom. The molecule has 0 saturated heterocycles. The normalized spacial score (nSPS) is 11.0. The van der Waals surface area contributed by atoms with Gasteiger partial charge in [-0.3, -0.25) is 9.59 Å². The van der Waals surface area contributed by atoms with Crippen LogP contribution in [0.25, 0.3) is 10.9 Å². The SMILES string of the molecule is O=C(Cn1ccc2ccn(Cc3ccccc3)c2c1=O)NCc1ccc(F)c(Cl)c1. The summed E-state index contributed by atoms with van der Waals surface area (Å²) in [5.74, 6) is -0.830. The molecular formula is C23H19ClFN3O2. The molecule has 1 N–H and O–H groups in total. The highest BCUT2D eigenvalue weighted by Crippen LogP contribution is 2.16. The molecule has 0 saturated carbocycles. The zero-order valence-corrected chi connectivity index (χ0v) is 16.8. The van der Waals surface area contributed by atoms with Gasteiger partial charge in [-0.25, -0.2) is 4.39 Å². The van der Waals surface area contributed by atoms with E-state index in [9.17, 15) is 14.0 Å². The molecule has 0 unspecified atom stereocenters. The Kier molecular flexibility index (Phi) is 5.68. The Morgan fingerprint density at radius 1 is 0.967 bits per heavy atom. The number of benzene rings is 2. The van der Waals surface area contributed by atoms with E-state index in [4.69, 9.17) is 11.6 Å². The lowest BCUT2D eigenvalue weighted by Crippen LogP contribution is -2.32. The summed E-state index contributed by atoms with van der Waals surface area (Å²) in [4.78, 5) is 25.4. The van der Waals surface area contributed by atoms with Gasteiger partial charge in [-0.15, -0.1) is 0 Å². The van der Waals surface area contributed by atoms with Crippen molar-refractivity contribution in [3.63, 3.8) is 0 Å². The molecule has 4 rings (SSSR count). The highest BCUT2D eigenvalue weighted by atomic mass is 35.5. The van der Waals surface area contributed by atoms with E-state index in [-0.39, 0.29) is 29.6 Å². The van der Waals surface area contributed by atoms with Gasteiger partial charge < -0.3 is 14.5 Å². The summed E-state index contributed by atoms with van der Waals surface area (Å²) >= 11 is 5.76. The van der Waals surface area contributed by atoms with Gasteiger partial charge in [0.05, 0.1) is 5.02 Å². The van der Waals surface area contributed by atoms with Crippen LogP contribution in [0.1, 0.15) is 11.1 Å². The number of rotatable bonds is 6. The molecule has 4 aromatic rings. The lowest BCUT2D eigenvalue weighted by Gasteiger charge is -2.10. The fourth-order valence-electron chi connectivity index (χ4n) is 3.34. The Balaban J connectivity index is 1.50. The molecule has 0 atom stereocenters. The average Bonchev–Trinajstić information content (AvgIpc) is 3.15. The monoisotopic (exact) mass is 423 g/mol. The zero-order valence-electron chi connectivity index (χ0n) is 16.0. The van der Waals surface area contributed by atoms with Crippen molar-refractivity contribution in [2.45, 2.75) is 19.6 Å². The highest BCUT2D eigenvalue weighted by molar-refractivity contribution is 6.30. The number of carbonyl (C=O) groups excluding carboxylic acids is 1. The summed E-state index contributed by atoms with van der Waals surface area (Å²) in [5, 5.41) is 3.56. The molecule has 0 radical (unpaired) electrons. The van der Waals surface area contributed by atoms with Crippen molar-refractivity contribution in [2.75, 3.05) is 0 Å². The van der Waals surface area contributed by atoms with Crippen LogP contribution in [-0.4, -0.2) is 15.0 Å². The standard InChI is InChI=1S/C23H19ClFN3O2/c24-19-12-17(6-7-20(19)25)13-26-21(29)15-28-11-9-18-8-10-27(22(18)23(28)30)14-16-4-2-1-3-5-16/h1-12H,13-15H2,(H,26,29). The maximum atomic E-state index is 13.2. The smallest absolute Gasteiger partial charge is 0.275 e. The van der Waals surface area contributed by atoms with Gasteiger partial charge in [0.15, 0.2) is 0 Å². The molecule has 1 amide bonds. The summed E-state index contributed by atoms with van der Waals surface area (Å²) < 4.78 is 16.5. The first-order valence-corrected chi connectivity index (χ1v) is 9.82. The quantitative estimate of drug-likeness (QED) is 0.510. The van der Waals surface area contributed by atoms with E-state index in [1.54, 1.807) is 12.3 Å². The Hall–Kier alpha value is -3.38. The number of halogens is 2. The number of aromatic nitrogens is 2. The van der Waals surface area contributed by atoms with Crippen molar-refractivity contribution >= 4 is 28.4 Å². The summed E-state index contributed by atoms with van der Waals surface area (Å²) in [6, 6.07) is 17.8. The molecule has 152 valence electrons. The fraction of sp³-hybridized carbons (Fsp3) is 0.130. The lowest BCUT2D eigenvalue weighted by molar-refractivity contribution is -0.121. The maximum Gasteiger partial charge on any atom is 0.275 e. The van der Waals surface area contributed by atoms with Gasteiger partial charge in [0.1, 0.15) is 17.9 Å². The fourth-order valence-corrected chi connectivity index (χ4v) is 3.54. The number of nitrogens with one attached hydrogen (secondary N) is 1.